The fourth-order valence-electron chi connectivity index (χ4n) is 4.05. The standard InChI is InChI=1S/C22H20BrF5N2O3S2/c23-19-17-3-1-2-4-18(17)34-20(19)30(35(31)32)12-15(29-10-9-21(24,25)13-29)11-14-5-7-16(8-6-14)33-22(26,27)28/h1-8,15H,9-13H2,(H,31,32)/p-1. The second-order valence-corrected chi connectivity index (χ2v) is 10.8. The molecule has 1 saturated heterocycles. The van der Waals surface area contributed by atoms with Crippen molar-refractivity contribution in [2.45, 2.75) is 31.2 Å². The third-order valence-electron chi connectivity index (χ3n) is 5.64. The summed E-state index contributed by atoms with van der Waals surface area (Å²) in [6.45, 7) is -0.571. The summed E-state index contributed by atoms with van der Waals surface area (Å²) < 4.78 is 96.4. The number of nitrogens with zero attached hydrogens (tertiary/aromatic N) is 2. The molecular weight excluding hydrogens is 579 g/mol. The van der Waals surface area contributed by atoms with E-state index in [2.05, 4.69) is 20.7 Å². The second kappa shape index (κ2) is 10.3. The van der Waals surface area contributed by atoms with Crippen LogP contribution in [0.2, 0.25) is 0 Å². The molecule has 2 heterocycles. The van der Waals surface area contributed by atoms with Gasteiger partial charge in [0, 0.05) is 46.9 Å². The van der Waals surface area contributed by atoms with E-state index >= 15 is 0 Å². The van der Waals surface area contributed by atoms with Gasteiger partial charge in [0.2, 0.25) is 0 Å². The van der Waals surface area contributed by atoms with E-state index in [9.17, 15) is 30.7 Å². The van der Waals surface area contributed by atoms with Crippen LogP contribution in [0, 0.1) is 0 Å². The molecule has 0 radical (unpaired) electrons. The van der Waals surface area contributed by atoms with E-state index in [-0.39, 0.29) is 25.9 Å². The number of hydrogen-bond donors (Lipinski definition) is 0. The lowest BCUT2D eigenvalue weighted by atomic mass is 10.0. The fourth-order valence-corrected chi connectivity index (χ4v) is 6.92. The Morgan fingerprint density at radius 3 is 2.46 bits per heavy atom. The maximum Gasteiger partial charge on any atom is 0.573 e. The Morgan fingerprint density at radius 2 is 1.89 bits per heavy atom. The molecule has 190 valence electrons. The lowest BCUT2D eigenvalue weighted by Crippen LogP contribution is -2.45. The van der Waals surface area contributed by atoms with Gasteiger partial charge in [-0.1, -0.05) is 30.3 Å². The van der Waals surface area contributed by atoms with Gasteiger partial charge in [-0.25, -0.2) is 8.78 Å². The molecule has 0 bridgehead atoms. The van der Waals surface area contributed by atoms with Crippen LogP contribution in [0.4, 0.5) is 27.0 Å². The highest BCUT2D eigenvalue weighted by Crippen LogP contribution is 2.43. The molecule has 35 heavy (non-hydrogen) atoms. The minimum atomic E-state index is -4.83. The summed E-state index contributed by atoms with van der Waals surface area (Å²) in [5, 5.41) is 1.25. The molecule has 0 aliphatic carbocycles. The summed E-state index contributed by atoms with van der Waals surface area (Å²) in [6.07, 6.45) is -5.03. The molecule has 13 heteroatoms. The average molecular weight is 598 g/mol. The van der Waals surface area contributed by atoms with Gasteiger partial charge in [-0.3, -0.25) is 13.4 Å². The topological polar surface area (TPSA) is 55.8 Å². The quantitative estimate of drug-likeness (QED) is 0.232. The Bertz CT molecular complexity index is 1210. The number of alkyl halides is 5. The summed E-state index contributed by atoms with van der Waals surface area (Å²) in [7, 11) is 0. The molecule has 0 amide bonds. The van der Waals surface area contributed by atoms with Crippen LogP contribution in [-0.2, 0) is 17.7 Å². The zero-order valence-electron chi connectivity index (χ0n) is 17.9. The lowest BCUT2D eigenvalue weighted by molar-refractivity contribution is -0.274. The number of thiophene rings is 1. The van der Waals surface area contributed by atoms with E-state index in [0.717, 1.165) is 26.5 Å². The van der Waals surface area contributed by atoms with Gasteiger partial charge in [0.05, 0.1) is 11.0 Å². The first-order chi connectivity index (χ1) is 16.4. The molecule has 1 fully saturated rings. The van der Waals surface area contributed by atoms with Gasteiger partial charge >= 0.3 is 6.36 Å². The van der Waals surface area contributed by atoms with E-state index in [1.54, 1.807) is 0 Å². The maximum atomic E-state index is 14.0. The van der Waals surface area contributed by atoms with Gasteiger partial charge in [0.15, 0.2) is 0 Å². The Morgan fingerprint density at radius 1 is 1.20 bits per heavy atom. The molecule has 0 N–H and O–H groups in total. The molecule has 2 unspecified atom stereocenters. The second-order valence-electron chi connectivity index (χ2n) is 8.12. The zero-order chi connectivity index (χ0) is 25.4. The predicted molar refractivity (Wildman–Crippen MR) is 128 cm³/mol. The predicted octanol–water partition coefficient (Wildman–Crippen LogP) is 6.12. The number of rotatable bonds is 8. The van der Waals surface area contributed by atoms with Crippen LogP contribution in [0.1, 0.15) is 12.0 Å². The van der Waals surface area contributed by atoms with Crippen LogP contribution in [0.15, 0.2) is 53.0 Å². The van der Waals surface area contributed by atoms with Crippen LogP contribution < -0.4 is 9.04 Å². The van der Waals surface area contributed by atoms with E-state index in [4.69, 9.17) is 0 Å². The largest absolute Gasteiger partial charge is 0.755 e. The normalized spacial score (nSPS) is 18.0. The zero-order valence-corrected chi connectivity index (χ0v) is 21.2. The van der Waals surface area contributed by atoms with Crippen LogP contribution in [-0.4, -0.2) is 51.6 Å². The summed E-state index contributed by atoms with van der Waals surface area (Å²) in [4.78, 5) is 1.53. The van der Waals surface area contributed by atoms with Gasteiger partial charge in [-0.15, -0.1) is 24.5 Å². The molecule has 2 aromatic carbocycles. The van der Waals surface area contributed by atoms with Crippen molar-refractivity contribution < 1.29 is 35.5 Å². The summed E-state index contributed by atoms with van der Waals surface area (Å²) in [6, 6.07) is 11.8. The first-order valence-electron chi connectivity index (χ1n) is 10.4. The summed E-state index contributed by atoms with van der Waals surface area (Å²) in [5.41, 5.74) is 0.562. The Kier molecular flexibility index (Phi) is 7.72. The van der Waals surface area contributed by atoms with E-state index in [0.29, 0.717) is 15.0 Å². The average Bonchev–Trinajstić information content (AvgIpc) is 3.30. The fraction of sp³-hybridized carbons (Fsp3) is 0.364. The first-order valence-corrected chi connectivity index (χ1v) is 13.1. The third-order valence-corrected chi connectivity index (χ3v) is 8.71. The van der Waals surface area contributed by atoms with E-state index in [1.807, 2.05) is 24.3 Å². The minimum absolute atomic E-state index is 0.0693. The highest BCUT2D eigenvalue weighted by molar-refractivity contribution is 9.10. The molecule has 5 nitrogen and oxygen atoms in total. The van der Waals surface area contributed by atoms with Crippen molar-refractivity contribution in [1.29, 1.82) is 0 Å². The van der Waals surface area contributed by atoms with Gasteiger partial charge in [-0.2, -0.15) is 0 Å². The summed E-state index contributed by atoms with van der Waals surface area (Å²) in [5.74, 6) is -3.30. The SMILES string of the molecule is O=S([O-])N(CC(Cc1ccc(OC(F)(F)F)cc1)N1CCC(F)(F)C1)c1sc2ccccc2c1Br. The minimum Gasteiger partial charge on any atom is -0.755 e. The van der Waals surface area contributed by atoms with Crippen molar-refractivity contribution in [3.05, 3.63) is 58.6 Å². The van der Waals surface area contributed by atoms with E-state index in [1.165, 1.54) is 28.4 Å². The monoisotopic (exact) mass is 597 g/mol. The van der Waals surface area contributed by atoms with Crippen molar-refractivity contribution in [1.82, 2.24) is 4.90 Å². The van der Waals surface area contributed by atoms with Gasteiger partial charge in [-0.05, 0) is 46.1 Å². The number of likely N-dealkylation sites (tertiary alicyclic amines) is 1. The molecule has 0 saturated carbocycles. The molecule has 1 aliphatic rings. The molecule has 4 rings (SSSR count). The van der Waals surface area contributed by atoms with Crippen LogP contribution in [0.25, 0.3) is 10.1 Å². The van der Waals surface area contributed by atoms with Gasteiger partial charge in [0.1, 0.15) is 10.8 Å². The Hall–Kier alpha value is -1.80. The number of fused-ring (bicyclic) bond motifs is 1. The maximum absolute atomic E-state index is 14.0. The van der Waals surface area contributed by atoms with Crippen molar-refractivity contribution >= 4 is 53.6 Å². The summed E-state index contributed by atoms with van der Waals surface area (Å²) >= 11 is 2.02. The van der Waals surface area contributed by atoms with E-state index < -0.39 is 41.9 Å². The smallest absolute Gasteiger partial charge is 0.573 e. The van der Waals surface area contributed by atoms with Crippen LogP contribution in [0.3, 0.4) is 0 Å². The van der Waals surface area contributed by atoms with Gasteiger partial charge in [0.25, 0.3) is 5.92 Å². The van der Waals surface area contributed by atoms with Crippen LogP contribution >= 0.6 is 27.3 Å². The molecule has 3 aromatic rings. The Labute approximate surface area is 213 Å². The molecular formula is C22H19BrF5N2O3S2-. The molecule has 1 aliphatic heterocycles. The number of hydrogen-bond acceptors (Lipinski definition) is 5. The van der Waals surface area contributed by atoms with Crippen molar-refractivity contribution in [2.75, 3.05) is 23.9 Å². The van der Waals surface area contributed by atoms with Gasteiger partial charge < -0.3 is 9.29 Å². The van der Waals surface area contributed by atoms with Crippen molar-refractivity contribution in [3.63, 3.8) is 0 Å². The highest BCUT2D eigenvalue weighted by atomic mass is 79.9. The molecule has 0 spiro atoms. The van der Waals surface area contributed by atoms with Crippen molar-refractivity contribution in [2.24, 2.45) is 0 Å². The molecule has 1 aromatic heterocycles. The highest BCUT2D eigenvalue weighted by Gasteiger charge is 2.41. The lowest BCUT2D eigenvalue weighted by Gasteiger charge is -2.34. The first kappa shape index (κ1) is 26.3. The number of ether oxygens (including phenoxy) is 1. The molecule has 2 atom stereocenters. The number of halogens is 6. The number of anilines is 1. The van der Waals surface area contributed by atoms with Crippen molar-refractivity contribution in [3.8, 4) is 5.75 Å². The van der Waals surface area contributed by atoms with Crippen LogP contribution in [0.5, 0.6) is 5.75 Å². The Balaban J connectivity index is 1.61. The number of benzene rings is 2. The third kappa shape index (κ3) is 6.50.